The summed E-state index contributed by atoms with van der Waals surface area (Å²) in [5.41, 5.74) is 1.70. The molecule has 5 heteroatoms. The smallest absolute Gasteiger partial charge is 0.341 e. The molecule has 0 amide bonds. The third-order valence-electron chi connectivity index (χ3n) is 3.36. The summed E-state index contributed by atoms with van der Waals surface area (Å²) in [7, 11) is 0. The number of phenolic OH excluding ortho intramolecular Hbond substituents is 1. The summed E-state index contributed by atoms with van der Waals surface area (Å²) in [6.07, 6.45) is 1.96. The number of ether oxygens (including phenoxy) is 2. The maximum absolute atomic E-state index is 12.2. The Morgan fingerprint density at radius 3 is 1.95 bits per heavy atom. The van der Waals surface area contributed by atoms with Gasteiger partial charge in [-0.25, -0.2) is 9.59 Å². The highest BCUT2D eigenvalue weighted by atomic mass is 16.5. The largest absolute Gasteiger partial charge is 0.507 e. The van der Waals surface area contributed by atoms with Gasteiger partial charge in [-0.2, -0.15) is 0 Å². The lowest BCUT2D eigenvalue weighted by Crippen LogP contribution is -2.14. The van der Waals surface area contributed by atoms with E-state index >= 15 is 0 Å². The third kappa shape index (κ3) is 3.78. The van der Waals surface area contributed by atoms with E-state index in [2.05, 4.69) is 0 Å². The highest BCUT2D eigenvalue weighted by molar-refractivity contribution is 5.99. The molecule has 0 fully saturated rings. The fourth-order valence-electron chi connectivity index (χ4n) is 2.44. The number of esters is 2. The summed E-state index contributed by atoms with van der Waals surface area (Å²) in [5.74, 6) is -1.22. The summed E-state index contributed by atoms with van der Waals surface area (Å²) in [5, 5.41) is 10.4. The first-order valence-electron chi connectivity index (χ1n) is 7.73. The van der Waals surface area contributed by atoms with E-state index in [1.165, 1.54) is 6.07 Å². The minimum atomic E-state index is -0.636. The maximum atomic E-state index is 12.2. The monoisotopic (exact) mass is 308 g/mol. The number of rotatable bonds is 7. The molecule has 1 aromatic carbocycles. The van der Waals surface area contributed by atoms with Crippen LogP contribution in [0.2, 0.25) is 0 Å². The van der Waals surface area contributed by atoms with Crippen LogP contribution in [0.3, 0.4) is 0 Å². The predicted octanol–water partition coefficient (Wildman–Crippen LogP) is 3.26. The first kappa shape index (κ1) is 18.0. The SMILES string of the molecule is CCCc1c(C(=O)OCC)cc(C(=O)OCC)c(O)c1CC. The molecule has 0 aromatic heterocycles. The highest BCUT2D eigenvalue weighted by Crippen LogP contribution is 2.32. The molecule has 0 saturated carbocycles. The van der Waals surface area contributed by atoms with Gasteiger partial charge in [-0.3, -0.25) is 0 Å². The molecule has 0 aliphatic carbocycles. The van der Waals surface area contributed by atoms with Crippen LogP contribution < -0.4 is 0 Å². The molecule has 0 atom stereocenters. The Morgan fingerprint density at radius 2 is 1.50 bits per heavy atom. The normalized spacial score (nSPS) is 10.4. The lowest BCUT2D eigenvalue weighted by Gasteiger charge is -2.17. The van der Waals surface area contributed by atoms with Crippen molar-refractivity contribution in [2.24, 2.45) is 0 Å². The van der Waals surface area contributed by atoms with Gasteiger partial charge in [0.25, 0.3) is 0 Å². The molecule has 1 rings (SSSR count). The Morgan fingerprint density at radius 1 is 0.955 bits per heavy atom. The Kier molecular flexibility index (Phi) is 6.89. The number of hydrogen-bond acceptors (Lipinski definition) is 5. The molecular formula is C17H24O5. The number of carbonyl (C=O) groups excluding carboxylic acids is 2. The van der Waals surface area contributed by atoms with Crippen LogP contribution in [0.15, 0.2) is 6.07 Å². The zero-order chi connectivity index (χ0) is 16.7. The van der Waals surface area contributed by atoms with Gasteiger partial charge in [0.15, 0.2) is 0 Å². The first-order valence-corrected chi connectivity index (χ1v) is 7.73. The quantitative estimate of drug-likeness (QED) is 0.783. The van der Waals surface area contributed by atoms with Gasteiger partial charge in [-0.05, 0) is 43.9 Å². The fourth-order valence-corrected chi connectivity index (χ4v) is 2.44. The predicted molar refractivity (Wildman–Crippen MR) is 83.4 cm³/mol. The average molecular weight is 308 g/mol. The van der Waals surface area contributed by atoms with Gasteiger partial charge in [0.05, 0.1) is 18.8 Å². The highest BCUT2D eigenvalue weighted by Gasteiger charge is 2.24. The van der Waals surface area contributed by atoms with Crippen LogP contribution in [0.5, 0.6) is 5.75 Å². The number of hydrogen-bond donors (Lipinski definition) is 1. The van der Waals surface area contributed by atoms with Crippen molar-refractivity contribution >= 4 is 11.9 Å². The molecule has 0 aliphatic heterocycles. The van der Waals surface area contributed by atoms with E-state index in [1.807, 2.05) is 13.8 Å². The summed E-state index contributed by atoms with van der Waals surface area (Å²) in [4.78, 5) is 24.2. The summed E-state index contributed by atoms with van der Waals surface area (Å²) in [6.45, 7) is 7.73. The van der Waals surface area contributed by atoms with Crippen molar-refractivity contribution in [2.75, 3.05) is 13.2 Å². The minimum Gasteiger partial charge on any atom is -0.507 e. The van der Waals surface area contributed by atoms with Gasteiger partial charge in [-0.1, -0.05) is 20.3 Å². The molecule has 0 aliphatic rings. The zero-order valence-electron chi connectivity index (χ0n) is 13.7. The van der Waals surface area contributed by atoms with Crippen molar-refractivity contribution < 1.29 is 24.2 Å². The molecule has 0 bridgehead atoms. The van der Waals surface area contributed by atoms with E-state index in [-0.39, 0.29) is 24.5 Å². The van der Waals surface area contributed by atoms with E-state index in [4.69, 9.17) is 9.47 Å². The zero-order valence-corrected chi connectivity index (χ0v) is 13.7. The van der Waals surface area contributed by atoms with Gasteiger partial charge in [0, 0.05) is 0 Å². The topological polar surface area (TPSA) is 72.8 Å². The molecular weight excluding hydrogens is 284 g/mol. The van der Waals surface area contributed by atoms with Crippen LogP contribution in [0.1, 0.15) is 66.0 Å². The van der Waals surface area contributed by atoms with Crippen molar-refractivity contribution in [3.63, 3.8) is 0 Å². The minimum absolute atomic E-state index is 0.0154. The molecule has 1 aromatic rings. The Labute approximate surface area is 131 Å². The van der Waals surface area contributed by atoms with Crippen molar-refractivity contribution in [2.45, 2.75) is 47.0 Å². The summed E-state index contributed by atoms with van der Waals surface area (Å²) >= 11 is 0. The van der Waals surface area contributed by atoms with Gasteiger partial charge in [0.2, 0.25) is 0 Å². The van der Waals surface area contributed by atoms with Crippen LogP contribution >= 0.6 is 0 Å². The number of aromatic hydroxyl groups is 1. The Bertz CT molecular complexity index is 548. The molecule has 0 spiro atoms. The molecule has 0 radical (unpaired) electrons. The number of benzene rings is 1. The second kappa shape index (κ2) is 8.41. The number of carbonyl (C=O) groups is 2. The average Bonchev–Trinajstić information content (AvgIpc) is 2.48. The molecule has 0 unspecified atom stereocenters. The maximum Gasteiger partial charge on any atom is 0.341 e. The van der Waals surface area contributed by atoms with Crippen LogP contribution in [-0.2, 0) is 22.3 Å². The molecule has 0 saturated heterocycles. The van der Waals surface area contributed by atoms with Crippen molar-refractivity contribution in [3.05, 3.63) is 28.3 Å². The Hall–Kier alpha value is -2.04. The van der Waals surface area contributed by atoms with Crippen molar-refractivity contribution in [1.82, 2.24) is 0 Å². The summed E-state index contributed by atoms with van der Waals surface area (Å²) in [6, 6.07) is 1.38. The lowest BCUT2D eigenvalue weighted by atomic mass is 9.91. The van der Waals surface area contributed by atoms with Gasteiger partial charge in [0.1, 0.15) is 11.3 Å². The van der Waals surface area contributed by atoms with Crippen LogP contribution in [0, 0.1) is 0 Å². The van der Waals surface area contributed by atoms with Gasteiger partial charge >= 0.3 is 11.9 Å². The van der Waals surface area contributed by atoms with Crippen molar-refractivity contribution in [3.8, 4) is 5.75 Å². The van der Waals surface area contributed by atoms with Crippen LogP contribution in [-0.4, -0.2) is 30.3 Å². The van der Waals surface area contributed by atoms with E-state index in [1.54, 1.807) is 13.8 Å². The number of phenols is 1. The fraction of sp³-hybridized carbons (Fsp3) is 0.529. The lowest BCUT2D eigenvalue weighted by molar-refractivity contribution is 0.0522. The Balaban J connectivity index is 3.53. The van der Waals surface area contributed by atoms with E-state index in [9.17, 15) is 14.7 Å². The van der Waals surface area contributed by atoms with E-state index in [0.29, 0.717) is 24.0 Å². The molecule has 1 N–H and O–H groups in total. The standard InChI is InChI=1S/C17H24O5/c1-5-9-12-11(6-2)15(18)14(17(20)22-8-4)10-13(12)16(19)21-7-3/h10,18H,5-9H2,1-4H3. The van der Waals surface area contributed by atoms with Crippen LogP contribution in [0.4, 0.5) is 0 Å². The second-order valence-electron chi connectivity index (χ2n) is 4.82. The first-order chi connectivity index (χ1) is 10.5. The molecule has 5 nitrogen and oxygen atoms in total. The van der Waals surface area contributed by atoms with Crippen molar-refractivity contribution in [1.29, 1.82) is 0 Å². The molecule has 0 heterocycles. The van der Waals surface area contributed by atoms with Gasteiger partial charge in [-0.15, -0.1) is 0 Å². The van der Waals surface area contributed by atoms with Crippen LogP contribution in [0.25, 0.3) is 0 Å². The molecule has 22 heavy (non-hydrogen) atoms. The summed E-state index contributed by atoms with van der Waals surface area (Å²) < 4.78 is 10.0. The second-order valence-corrected chi connectivity index (χ2v) is 4.82. The van der Waals surface area contributed by atoms with E-state index < -0.39 is 11.9 Å². The third-order valence-corrected chi connectivity index (χ3v) is 3.36. The molecule has 122 valence electrons. The van der Waals surface area contributed by atoms with E-state index in [0.717, 1.165) is 12.0 Å². The van der Waals surface area contributed by atoms with Gasteiger partial charge < -0.3 is 14.6 Å².